The van der Waals surface area contributed by atoms with Crippen molar-refractivity contribution in [1.29, 1.82) is 0 Å². The summed E-state index contributed by atoms with van der Waals surface area (Å²) in [6.07, 6.45) is 0.849. The van der Waals surface area contributed by atoms with E-state index in [0.717, 1.165) is 6.42 Å². The molecule has 0 spiro atoms. The molecule has 0 aromatic heterocycles. The quantitative estimate of drug-likeness (QED) is 0.853. The molecule has 0 bridgehead atoms. The van der Waals surface area contributed by atoms with Gasteiger partial charge in [-0.2, -0.15) is 0 Å². The van der Waals surface area contributed by atoms with Crippen molar-refractivity contribution in [3.8, 4) is 0 Å². The van der Waals surface area contributed by atoms with E-state index in [4.69, 9.17) is 5.73 Å². The number of benzene rings is 1. The van der Waals surface area contributed by atoms with E-state index in [0.29, 0.717) is 19.6 Å². The number of hydrogen-bond donors (Lipinski definition) is 2. The zero-order valence-corrected chi connectivity index (χ0v) is 13.2. The van der Waals surface area contributed by atoms with Crippen LogP contribution in [-0.2, 0) is 17.8 Å². The summed E-state index contributed by atoms with van der Waals surface area (Å²) in [5.41, 5.74) is 8.00. The van der Waals surface area contributed by atoms with Gasteiger partial charge >= 0.3 is 6.03 Å². The minimum absolute atomic E-state index is 0.00216. The van der Waals surface area contributed by atoms with Crippen LogP contribution in [0.5, 0.6) is 0 Å². The Morgan fingerprint density at radius 3 is 2.73 bits per heavy atom. The first kappa shape index (κ1) is 16.3. The van der Waals surface area contributed by atoms with Crippen molar-refractivity contribution in [2.24, 2.45) is 5.73 Å². The second-order valence-corrected chi connectivity index (χ2v) is 5.69. The van der Waals surface area contributed by atoms with E-state index in [2.05, 4.69) is 11.4 Å². The van der Waals surface area contributed by atoms with Crippen LogP contribution in [0, 0.1) is 0 Å². The van der Waals surface area contributed by atoms with Gasteiger partial charge in [-0.3, -0.25) is 4.79 Å². The lowest BCUT2D eigenvalue weighted by molar-refractivity contribution is -0.130. The van der Waals surface area contributed by atoms with E-state index < -0.39 is 0 Å². The Balaban J connectivity index is 1.85. The van der Waals surface area contributed by atoms with Crippen LogP contribution in [0.25, 0.3) is 0 Å². The highest BCUT2D eigenvalue weighted by atomic mass is 16.2. The molecule has 0 aliphatic carbocycles. The maximum absolute atomic E-state index is 12.2. The molecule has 6 heteroatoms. The van der Waals surface area contributed by atoms with Crippen LogP contribution in [0.4, 0.5) is 4.79 Å². The summed E-state index contributed by atoms with van der Waals surface area (Å²) in [6, 6.07) is 7.89. The number of nitrogens with one attached hydrogen (secondary N) is 1. The highest BCUT2D eigenvalue weighted by molar-refractivity contribution is 5.84. The molecule has 0 radical (unpaired) electrons. The molecule has 1 aliphatic heterocycles. The topological polar surface area (TPSA) is 78.7 Å². The Kier molecular flexibility index (Phi) is 5.38. The second kappa shape index (κ2) is 7.26. The fraction of sp³-hybridized carbons (Fsp3) is 0.500. The van der Waals surface area contributed by atoms with Gasteiger partial charge in [-0.25, -0.2) is 4.79 Å². The van der Waals surface area contributed by atoms with Gasteiger partial charge in [0.1, 0.15) is 0 Å². The lowest BCUT2D eigenvalue weighted by atomic mass is 10.0. The molecule has 1 unspecified atom stereocenters. The van der Waals surface area contributed by atoms with Gasteiger partial charge in [0.15, 0.2) is 0 Å². The molecule has 6 nitrogen and oxygen atoms in total. The molecule has 1 aromatic carbocycles. The normalized spacial score (nSPS) is 15.0. The number of carbonyl (C=O) groups is 2. The lowest BCUT2D eigenvalue weighted by Crippen LogP contribution is -2.48. The van der Waals surface area contributed by atoms with Gasteiger partial charge in [0.2, 0.25) is 5.91 Å². The third-order valence-electron chi connectivity index (χ3n) is 4.20. The van der Waals surface area contributed by atoms with Gasteiger partial charge in [0.25, 0.3) is 0 Å². The van der Waals surface area contributed by atoms with E-state index in [9.17, 15) is 9.59 Å². The van der Waals surface area contributed by atoms with Gasteiger partial charge < -0.3 is 20.9 Å². The van der Waals surface area contributed by atoms with Crippen molar-refractivity contribution < 1.29 is 9.59 Å². The second-order valence-electron chi connectivity index (χ2n) is 5.69. The Hall–Kier alpha value is -2.08. The number of rotatable bonds is 4. The van der Waals surface area contributed by atoms with Crippen molar-refractivity contribution in [3.63, 3.8) is 0 Å². The first-order valence-electron chi connectivity index (χ1n) is 7.58. The first-order chi connectivity index (χ1) is 10.5. The van der Waals surface area contributed by atoms with Gasteiger partial charge in [-0.05, 0) is 24.5 Å². The van der Waals surface area contributed by atoms with Crippen molar-refractivity contribution >= 4 is 11.9 Å². The SMILES string of the molecule is CC(CN)N(C)C(=O)CNC(=O)N1CCc2ccccc2C1. The highest BCUT2D eigenvalue weighted by Crippen LogP contribution is 2.18. The number of hydrogen-bond acceptors (Lipinski definition) is 3. The molecular weight excluding hydrogens is 280 g/mol. The molecule has 1 heterocycles. The zero-order chi connectivity index (χ0) is 16.1. The third-order valence-corrected chi connectivity index (χ3v) is 4.20. The minimum atomic E-state index is -0.198. The number of fused-ring (bicyclic) bond motifs is 1. The van der Waals surface area contributed by atoms with Gasteiger partial charge in [-0.1, -0.05) is 24.3 Å². The Morgan fingerprint density at radius 2 is 2.05 bits per heavy atom. The van der Waals surface area contributed by atoms with Crippen LogP contribution < -0.4 is 11.1 Å². The molecule has 0 saturated carbocycles. The van der Waals surface area contributed by atoms with Crippen molar-refractivity contribution in [1.82, 2.24) is 15.1 Å². The average molecular weight is 304 g/mol. The molecule has 120 valence electrons. The van der Waals surface area contributed by atoms with Crippen LogP contribution >= 0.6 is 0 Å². The van der Waals surface area contributed by atoms with E-state index in [1.165, 1.54) is 11.1 Å². The molecule has 22 heavy (non-hydrogen) atoms. The molecule has 0 saturated heterocycles. The van der Waals surface area contributed by atoms with Crippen molar-refractivity contribution in [3.05, 3.63) is 35.4 Å². The molecule has 2 rings (SSSR count). The van der Waals surface area contributed by atoms with Gasteiger partial charge in [0.05, 0.1) is 6.54 Å². The van der Waals surface area contributed by atoms with Gasteiger partial charge in [-0.15, -0.1) is 0 Å². The van der Waals surface area contributed by atoms with E-state index in [1.54, 1.807) is 16.8 Å². The number of nitrogens with zero attached hydrogens (tertiary/aromatic N) is 2. The van der Waals surface area contributed by atoms with Gasteiger partial charge in [0, 0.05) is 32.7 Å². The molecule has 1 atom stereocenters. The van der Waals surface area contributed by atoms with E-state index in [1.807, 2.05) is 25.1 Å². The highest BCUT2D eigenvalue weighted by Gasteiger charge is 2.21. The molecular formula is C16H24N4O2. The number of nitrogens with two attached hydrogens (primary N) is 1. The summed E-state index contributed by atoms with van der Waals surface area (Å²) in [5, 5.41) is 2.70. The minimum Gasteiger partial charge on any atom is -0.340 e. The maximum Gasteiger partial charge on any atom is 0.318 e. The summed E-state index contributed by atoms with van der Waals surface area (Å²) < 4.78 is 0. The smallest absolute Gasteiger partial charge is 0.318 e. The molecule has 1 aromatic rings. The van der Waals surface area contributed by atoms with Crippen LogP contribution in [0.3, 0.4) is 0 Å². The Morgan fingerprint density at radius 1 is 1.36 bits per heavy atom. The number of urea groups is 1. The number of amides is 3. The van der Waals surface area contributed by atoms with E-state index in [-0.39, 0.29) is 24.5 Å². The summed E-state index contributed by atoms with van der Waals surface area (Å²) in [6.45, 7) is 3.54. The molecule has 3 N–H and O–H groups in total. The van der Waals surface area contributed by atoms with Crippen LogP contribution in [0.15, 0.2) is 24.3 Å². The molecule has 1 aliphatic rings. The number of likely N-dealkylation sites (N-methyl/N-ethyl adjacent to an activating group) is 1. The third kappa shape index (κ3) is 3.76. The predicted molar refractivity (Wildman–Crippen MR) is 85.2 cm³/mol. The summed E-state index contributed by atoms with van der Waals surface area (Å²) in [7, 11) is 1.70. The molecule has 3 amide bonds. The van der Waals surface area contributed by atoms with E-state index >= 15 is 0 Å². The monoisotopic (exact) mass is 304 g/mol. The lowest BCUT2D eigenvalue weighted by Gasteiger charge is -2.29. The predicted octanol–water partition coefficient (Wildman–Crippen LogP) is 0.560. The Bertz CT molecular complexity index is 547. The van der Waals surface area contributed by atoms with Crippen LogP contribution in [0.2, 0.25) is 0 Å². The fourth-order valence-electron chi connectivity index (χ4n) is 2.46. The Labute approximate surface area is 131 Å². The fourth-order valence-corrected chi connectivity index (χ4v) is 2.46. The largest absolute Gasteiger partial charge is 0.340 e. The van der Waals surface area contributed by atoms with Crippen LogP contribution in [-0.4, -0.2) is 54.5 Å². The van der Waals surface area contributed by atoms with Crippen LogP contribution in [0.1, 0.15) is 18.1 Å². The molecule has 0 fully saturated rings. The maximum atomic E-state index is 12.2. The summed E-state index contributed by atoms with van der Waals surface area (Å²) in [5.74, 6) is -0.135. The first-order valence-corrected chi connectivity index (χ1v) is 7.58. The van der Waals surface area contributed by atoms with Crippen molar-refractivity contribution in [2.75, 3.05) is 26.7 Å². The number of carbonyl (C=O) groups excluding carboxylic acids is 2. The standard InChI is InChI=1S/C16H24N4O2/c1-12(9-17)19(2)15(21)10-18-16(22)20-8-7-13-5-3-4-6-14(13)11-20/h3-6,12H,7-11,17H2,1-2H3,(H,18,22). The van der Waals surface area contributed by atoms with Crippen molar-refractivity contribution in [2.45, 2.75) is 25.9 Å². The summed E-state index contributed by atoms with van der Waals surface area (Å²) in [4.78, 5) is 27.5. The zero-order valence-electron chi connectivity index (χ0n) is 13.2. The summed E-state index contributed by atoms with van der Waals surface area (Å²) >= 11 is 0. The average Bonchev–Trinajstić information content (AvgIpc) is 2.57.